The first-order valence-corrected chi connectivity index (χ1v) is 10.6. The number of rotatable bonds is 5. The van der Waals surface area contributed by atoms with Crippen molar-refractivity contribution in [3.05, 3.63) is 71.0 Å². The molecule has 154 valence electrons. The summed E-state index contributed by atoms with van der Waals surface area (Å²) in [4.78, 5) is 16.2. The lowest BCUT2D eigenvalue weighted by atomic mass is 10.2. The van der Waals surface area contributed by atoms with Gasteiger partial charge in [-0.1, -0.05) is 12.1 Å². The molecule has 0 bridgehead atoms. The minimum Gasteiger partial charge on any atom is -0.352 e. The molecule has 0 spiro atoms. The Morgan fingerprint density at radius 3 is 2.33 bits per heavy atom. The van der Waals surface area contributed by atoms with E-state index in [0.29, 0.717) is 24.6 Å². The van der Waals surface area contributed by atoms with Crippen LogP contribution in [0.1, 0.15) is 0 Å². The molecule has 4 rings (SSSR count). The molecule has 1 saturated heterocycles. The van der Waals surface area contributed by atoms with Gasteiger partial charge in [0.2, 0.25) is 10.0 Å². The summed E-state index contributed by atoms with van der Waals surface area (Å²) >= 11 is 0. The van der Waals surface area contributed by atoms with Gasteiger partial charge >= 0.3 is 0 Å². The Morgan fingerprint density at radius 2 is 1.70 bits per heavy atom. The smallest absolute Gasteiger partial charge is 0.289 e. The highest BCUT2D eigenvalue weighted by atomic mass is 32.2. The molecule has 3 aromatic rings. The van der Waals surface area contributed by atoms with Crippen LogP contribution >= 0.6 is 0 Å². The van der Waals surface area contributed by atoms with Crippen molar-refractivity contribution < 1.29 is 13.3 Å². The van der Waals surface area contributed by atoms with E-state index in [1.807, 2.05) is 29.2 Å². The van der Waals surface area contributed by atoms with Crippen LogP contribution in [-0.4, -0.2) is 59.0 Å². The maximum atomic E-state index is 12.9. The second-order valence-electron chi connectivity index (χ2n) is 6.63. The third-order valence-electron chi connectivity index (χ3n) is 4.85. The number of piperazine rings is 1. The van der Waals surface area contributed by atoms with Crippen LogP contribution in [0.5, 0.6) is 0 Å². The first-order valence-electron chi connectivity index (χ1n) is 9.19. The van der Waals surface area contributed by atoms with Gasteiger partial charge in [0.05, 0.1) is 10.6 Å². The molecule has 1 aromatic carbocycles. The minimum atomic E-state index is -3.96. The highest BCUT2D eigenvalue weighted by molar-refractivity contribution is 7.89. The van der Waals surface area contributed by atoms with Gasteiger partial charge in [0.25, 0.3) is 5.69 Å². The largest absolute Gasteiger partial charge is 0.352 e. The molecule has 10 nitrogen and oxygen atoms in total. The van der Waals surface area contributed by atoms with Crippen molar-refractivity contribution >= 4 is 21.5 Å². The zero-order chi connectivity index (χ0) is 21.1. The van der Waals surface area contributed by atoms with Crippen molar-refractivity contribution in [2.75, 3.05) is 31.1 Å². The van der Waals surface area contributed by atoms with Crippen molar-refractivity contribution in [2.45, 2.75) is 4.90 Å². The maximum Gasteiger partial charge on any atom is 0.289 e. The average molecular weight is 426 g/mol. The van der Waals surface area contributed by atoms with Crippen LogP contribution < -0.4 is 4.90 Å². The fraction of sp³-hybridized carbons (Fsp3) is 0.211. The normalized spacial score (nSPS) is 15.1. The molecule has 11 heteroatoms. The minimum absolute atomic E-state index is 0.195. The average Bonchev–Trinajstić information content (AvgIpc) is 2.80. The molecule has 3 heterocycles. The molecule has 1 aliphatic heterocycles. The predicted octanol–water partition coefficient (Wildman–Crippen LogP) is 1.96. The van der Waals surface area contributed by atoms with Crippen molar-refractivity contribution in [2.24, 2.45) is 0 Å². The molecule has 0 unspecified atom stereocenters. The van der Waals surface area contributed by atoms with E-state index < -0.39 is 20.6 Å². The number of anilines is 1. The van der Waals surface area contributed by atoms with Gasteiger partial charge in [-0.15, -0.1) is 10.2 Å². The van der Waals surface area contributed by atoms with Crippen molar-refractivity contribution in [3.8, 4) is 11.3 Å². The fourth-order valence-electron chi connectivity index (χ4n) is 3.28. The standard InChI is InChI=1S/C19H18N6O4S/c26-25(27)17-5-1-2-6-18(17)30(28,29)24-12-10-23(11-13-24)19-8-7-16(21-22-19)15-4-3-9-20-14-15/h1-9,14H,10-13H2. The SMILES string of the molecule is O=[N+]([O-])c1ccccc1S(=O)(=O)N1CCN(c2ccc(-c3cccnc3)nn2)CC1. The molecule has 0 radical (unpaired) electrons. The van der Waals surface area contributed by atoms with Gasteiger partial charge in [0, 0.05) is 50.2 Å². The number of hydrogen-bond acceptors (Lipinski definition) is 8. The number of hydrogen-bond donors (Lipinski definition) is 0. The number of para-hydroxylation sites is 1. The Morgan fingerprint density at radius 1 is 0.933 bits per heavy atom. The van der Waals surface area contributed by atoms with Crippen molar-refractivity contribution in [1.29, 1.82) is 0 Å². The third-order valence-corrected chi connectivity index (χ3v) is 6.80. The topological polar surface area (TPSA) is 122 Å². The Balaban J connectivity index is 1.47. The summed E-state index contributed by atoms with van der Waals surface area (Å²) < 4.78 is 27.1. The lowest BCUT2D eigenvalue weighted by molar-refractivity contribution is -0.387. The lowest BCUT2D eigenvalue weighted by Crippen LogP contribution is -2.49. The number of nitrogens with zero attached hydrogens (tertiary/aromatic N) is 6. The zero-order valence-corrected chi connectivity index (χ0v) is 16.6. The summed E-state index contributed by atoms with van der Waals surface area (Å²) in [5, 5.41) is 19.7. The molecule has 2 aromatic heterocycles. The van der Waals surface area contributed by atoms with E-state index >= 15 is 0 Å². The number of sulfonamides is 1. The summed E-state index contributed by atoms with van der Waals surface area (Å²) in [6.45, 7) is 1.20. The molecular formula is C19H18N6O4S. The summed E-state index contributed by atoms with van der Waals surface area (Å²) in [5.41, 5.74) is 1.14. The number of aromatic nitrogens is 3. The molecule has 0 saturated carbocycles. The fourth-order valence-corrected chi connectivity index (χ4v) is 4.86. The van der Waals surface area contributed by atoms with Crippen LogP contribution in [0, 0.1) is 10.1 Å². The van der Waals surface area contributed by atoms with Gasteiger partial charge in [-0.2, -0.15) is 4.31 Å². The predicted molar refractivity (Wildman–Crippen MR) is 109 cm³/mol. The van der Waals surface area contributed by atoms with E-state index in [1.54, 1.807) is 12.4 Å². The summed E-state index contributed by atoms with van der Waals surface area (Å²) in [5.74, 6) is 0.644. The second-order valence-corrected chi connectivity index (χ2v) is 8.54. The third kappa shape index (κ3) is 3.84. The Kier molecular flexibility index (Phi) is 5.38. The quantitative estimate of drug-likeness (QED) is 0.448. The van der Waals surface area contributed by atoms with Crippen LogP contribution in [-0.2, 0) is 10.0 Å². The molecular weight excluding hydrogens is 408 g/mol. The van der Waals surface area contributed by atoms with Gasteiger partial charge in [-0.05, 0) is 30.3 Å². The first kappa shape index (κ1) is 19.9. The molecule has 0 amide bonds. The summed E-state index contributed by atoms with van der Waals surface area (Å²) in [6.07, 6.45) is 3.39. The van der Waals surface area contributed by atoms with Crippen LogP contribution in [0.2, 0.25) is 0 Å². The summed E-state index contributed by atoms with van der Waals surface area (Å²) in [6, 6.07) is 12.8. The molecule has 1 aliphatic rings. The van der Waals surface area contributed by atoms with E-state index in [1.165, 1.54) is 28.6 Å². The Labute approximate surface area is 173 Å². The number of benzene rings is 1. The van der Waals surface area contributed by atoms with E-state index in [9.17, 15) is 18.5 Å². The van der Waals surface area contributed by atoms with Crippen LogP contribution in [0.25, 0.3) is 11.3 Å². The monoisotopic (exact) mass is 426 g/mol. The first-order chi connectivity index (χ1) is 14.5. The van der Waals surface area contributed by atoms with Gasteiger partial charge in [0.15, 0.2) is 10.7 Å². The van der Waals surface area contributed by atoms with Gasteiger partial charge in [-0.3, -0.25) is 15.1 Å². The molecule has 0 aliphatic carbocycles. The number of nitro benzene ring substituents is 1. The van der Waals surface area contributed by atoms with Crippen LogP contribution in [0.15, 0.2) is 65.8 Å². The number of pyridine rings is 1. The van der Waals surface area contributed by atoms with Gasteiger partial charge in [-0.25, -0.2) is 8.42 Å². The highest BCUT2D eigenvalue weighted by Gasteiger charge is 2.33. The maximum absolute atomic E-state index is 12.9. The van der Waals surface area contributed by atoms with Crippen LogP contribution in [0.3, 0.4) is 0 Å². The van der Waals surface area contributed by atoms with E-state index in [-0.39, 0.29) is 18.0 Å². The van der Waals surface area contributed by atoms with E-state index in [0.717, 1.165) is 5.56 Å². The van der Waals surface area contributed by atoms with Crippen LogP contribution in [0.4, 0.5) is 11.5 Å². The summed E-state index contributed by atoms with van der Waals surface area (Å²) in [7, 11) is -3.96. The van der Waals surface area contributed by atoms with E-state index in [4.69, 9.17) is 0 Å². The zero-order valence-electron chi connectivity index (χ0n) is 15.8. The Bertz CT molecular complexity index is 1150. The van der Waals surface area contributed by atoms with Crippen molar-refractivity contribution in [3.63, 3.8) is 0 Å². The van der Waals surface area contributed by atoms with Gasteiger partial charge < -0.3 is 4.90 Å². The van der Waals surface area contributed by atoms with Crippen molar-refractivity contribution in [1.82, 2.24) is 19.5 Å². The number of nitro groups is 1. The molecule has 0 N–H and O–H groups in total. The highest BCUT2D eigenvalue weighted by Crippen LogP contribution is 2.27. The Hall–Kier alpha value is -3.44. The molecule has 30 heavy (non-hydrogen) atoms. The van der Waals surface area contributed by atoms with E-state index in [2.05, 4.69) is 15.2 Å². The lowest BCUT2D eigenvalue weighted by Gasteiger charge is -2.34. The molecule has 1 fully saturated rings. The second kappa shape index (κ2) is 8.13. The van der Waals surface area contributed by atoms with Gasteiger partial charge in [0.1, 0.15) is 0 Å². The molecule has 0 atom stereocenters.